The molecule has 0 radical (unpaired) electrons. The maximum Gasteiger partial charge on any atom is 0.321 e. The third-order valence-corrected chi connectivity index (χ3v) is 7.61. The lowest BCUT2D eigenvalue weighted by molar-refractivity contribution is -0.154. The molecule has 9 heteroatoms. The summed E-state index contributed by atoms with van der Waals surface area (Å²) < 4.78 is 43.8. The molecule has 160 valence electrons. The summed E-state index contributed by atoms with van der Waals surface area (Å²) >= 11 is 0. The van der Waals surface area contributed by atoms with Gasteiger partial charge in [-0.15, -0.1) is 0 Å². The third-order valence-electron chi connectivity index (χ3n) is 5.79. The van der Waals surface area contributed by atoms with Crippen LogP contribution in [0.4, 0.5) is 4.39 Å². The lowest BCUT2D eigenvalue weighted by Gasteiger charge is -2.44. The van der Waals surface area contributed by atoms with E-state index >= 15 is 0 Å². The summed E-state index contributed by atoms with van der Waals surface area (Å²) in [6.45, 7) is -0.234. The van der Waals surface area contributed by atoms with E-state index in [1.54, 1.807) is 0 Å². The number of hydrogen-bond acceptors (Lipinski definition) is 5. The molecule has 29 heavy (non-hydrogen) atoms. The van der Waals surface area contributed by atoms with Gasteiger partial charge in [-0.25, -0.2) is 12.8 Å². The maximum atomic E-state index is 13.0. The minimum atomic E-state index is -3.96. The normalized spacial score (nSPS) is 22.2. The lowest BCUT2D eigenvalue weighted by Crippen LogP contribution is -2.51. The number of carbonyl (C=O) groups excluding carboxylic acids is 2. The van der Waals surface area contributed by atoms with Crippen molar-refractivity contribution in [3.05, 3.63) is 30.1 Å². The van der Waals surface area contributed by atoms with Crippen molar-refractivity contribution in [3.8, 4) is 0 Å². The minimum absolute atomic E-state index is 0.123. The lowest BCUT2D eigenvalue weighted by atomic mass is 9.78. The summed E-state index contributed by atoms with van der Waals surface area (Å²) in [7, 11) is -2.72. The Balaban J connectivity index is 1.52. The largest absolute Gasteiger partial charge is 0.455 e. The average Bonchev–Trinajstić information content (AvgIpc) is 2.71. The number of amides is 1. The van der Waals surface area contributed by atoms with Gasteiger partial charge in [0.2, 0.25) is 10.0 Å². The van der Waals surface area contributed by atoms with Gasteiger partial charge in [-0.3, -0.25) is 9.59 Å². The van der Waals surface area contributed by atoms with Crippen LogP contribution in [0, 0.1) is 11.7 Å². The molecule has 1 amide bonds. The number of likely N-dealkylation sites (N-methyl/N-ethyl adjacent to an activating group) is 1. The standard InChI is InChI=1S/C20H27FN2O5S/c1-22(29(26,27)17-10-8-16(21)9-11-17)13-20(25)28-14-19(24)23-12-4-6-15-5-2-3-7-18(15)23/h8-11,15,18H,2-7,12-14H2,1H3/t15-,18+/m1/s1. The number of nitrogens with zero attached hydrogens (tertiary/aromatic N) is 2. The Labute approximate surface area is 170 Å². The molecular formula is C20H27FN2O5S. The van der Waals surface area contributed by atoms with Crippen LogP contribution in [0.15, 0.2) is 29.2 Å². The summed E-state index contributed by atoms with van der Waals surface area (Å²) in [6, 6.07) is 4.56. The van der Waals surface area contributed by atoms with Crippen LogP contribution in [0.3, 0.4) is 0 Å². The molecule has 1 aromatic carbocycles. The van der Waals surface area contributed by atoms with E-state index in [1.807, 2.05) is 4.90 Å². The molecule has 0 N–H and O–H groups in total. The summed E-state index contributed by atoms with van der Waals surface area (Å²) in [6.07, 6.45) is 6.53. The molecule has 0 aromatic heterocycles. The van der Waals surface area contributed by atoms with Crippen molar-refractivity contribution in [2.24, 2.45) is 5.92 Å². The summed E-state index contributed by atoms with van der Waals surface area (Å²) in [5, 5.41) is 0. The molecule has 1 aliphatic carbocycles. The molecule has 2 aliphatic rings. The summed E-state index contributed by atoms with van der Waals surface area (Å²) in [5.41, 5.74) is 0. The molecular weight excluding hydrogens is 399 g/mol. The zero-order chi connectivity index (χ0) is 21.0. The minimum Gasteiger partial charge on any atom is -0.455 e. The Morgan fingerprint density at radius 2 is 1.79 bits per heavy atom. The fraction of sp³-hybridized carbons (Fsp3) is 0.600. The zero-order valence-electron chi connectivity index (χ0n) is 16.5. The van der Waals surface area contributed by atoms with Gasteiger partial charge in [-0.2, -0.15) is 4.31 Å². The molecule has 3 rings (SSSR count). The smallest absolute Gasteiger partial charge is 0.321 e. The highest BCUT2D eigenvalue weighted by molar-refractivity contribution is 7.89. The van der Waals surface area contributed by atoms with Gasteiger partial charge in [-0.05, 0) is 55.9 Å². The predicted octanol–water partition coefficient (Wildman–Crippen LogP) is 2.17. The first-order chi connectivity index (χ1) is 13.8. The SMILES string of the molecule is CN(CC(=O)OCC(=O)N1CCC[C@H]2CCCC[C@@H]21)S(=O)(=O)c1ccc(F)cc1. The van der Waals surface area contributed by atoms with E-state index in [4.69, 9.17) is 4.74 Å². The van der Waals surface area contributed by atoms with Crippen LogP contribution in [0.2, 0.25) is 0 Å². The van der Waals surface area contributed by atoms with Crippen LogP contribution in [0.25, 0.3) is 0 Å². The van der Waals surface area contributed by atoms with E-state index < -0.39 is 28.4 Å². The predicted molar refractivity (Wildman–Crippen MR) is 104 cm³/mol. The van der Waals surface area contributed by atoms with Gasteiger partial charge in [0.1, 0.15) is 12.4 Å². The van der Waals surface area contributed by atoms with E-state index in [9.17, 15) is 22.4 Å². The number of benzene rings is 1. The van der Waals surface area contributed by atoms with Gasteiger partial charge < -0.3 is 9.64 Å². The number of esters is 1. The Bertz CT molecular complexity index is 841. The fourth-order valence-electron chi connectivity index (χ4n) is 4.26. The zero-order valence-corrected chi connectivity index (χ0v) is 17.4. The molecule has 7 nitrogen and oxygen atoms in total. The first kappa shape index (κ1) is 21.7. The van der Waals surface area contributed by atoms with Gasteiger partial charge in [-0.1, -0.05) is 12.8 Å². The molecule has 2 atom stereocenters. The van der Waals surface area contributed by atoms with E-state index in [1.165, 1.54) is 13.5 Å². The Morgan fingerprint density at radius 3 is 2.52 bits per heavy atom. The second-order valence-electron chi connectivity index (χ2n) is 7.72. The topological polar surface area (TPSA) is 84.0 Å². The van der Waals surface area contributed by atoms with Crippen molar-refractivity contribution in [2.45, 2.75) is 49.5 Å². The van der Waals surface area contributed by atoms with E-state index in [2.05, 4.69) is 0 Å². The van der Waals surface area contributed by atoms with E-state index in [0.29, 0.717) is 12.5 Å². The number of hydrogen-bond donors (Lipinski definition) is 0. The highest BCUT2D eigenvalue weighted by Gasteiger charge is 2.36. The second-order valence-corrected chi connectivity index (χ2v) is 9.76. The van der Waals surface area contributed by atoms with Gasteiger partial charge >= 0.3 is 5.97 Å². The second kappa shape index (κ2) is 9.21. The van der Waals surface area contributed by atoms with Gasteiger partial charge in [0.15, 0.2) is 6.61 Å². The van der Waals surface area contributed by atoms with Gasteiger partial charge in [0, 0.05) is 19.6 Å². The molecule has 0 bridgehead atoms. The number of sulfonamides is 1. The van der Waals surface area contributed by atoms with Crippen molar-refractivity contribution in [3.63, 3.8) is 0 Å². The number of carbonyl (C=O) groups is 2. The molecule has 1 aromatic rings. The first-order valence-electron chi connectivity index (χ1n) is 9.96. The monoisotopic (exact) mass is 426 g/mol. The van der Waals surface area contributed by atoms with Crippen molar-refractivity contribution in [1.82, 2.24) is 9.21 Å². The van der Waals surface area contributed by atoms with Crippen LogP contribution in [-0.4, -0.2) is 62.3 Å². The average molecular weight is 427 g/mol. The molecule has 1 saturated heterocycles. The number of rotatable bonds is 6. The molecule has 1 heterocycles. The summed E-state index contributed by atoms with van der Waals surface area (Å²) in [5.74, 6) is -1.05. The fourth-order valence-corrected chi connectivity index (χ4v) is 5.37. The maximum absolute atomic E-state index is 13.0. The van der Waals surface area contributed by atoms with Gasteiger partial charge in [0.05, 0.1) is 4.90 Å². The van der Waals surface area contributed by atoms with Crippen molar-refractivity contribution < 1.29 is 27.1 Å². The molecule has 1 aliphatic heterocycles. The number of fused-ring (bicyclic) bond motifs is 1. The van der Waals surface area contributed by atoms with Crippen LogP contribution >= 0.6 is 0 Å². The molecule has 0 unspecified atom stereocenters. The molecule has 2 fully saturated rings. The first-order valence-corrected chi connectivity index (χ1v) is 11.4. The van der Waals surface area contributed by atoms with Gasteiger partial charge in [0.25, 0.3) is 5.91 Å². The van der Waals surface area contributed by atoms with Crippen LogP contribution in [-0.2, 0) is 24.3 Å². The Kier molecular flexibility index (Phi) is 6.89. The van der Waals surface area contributed by atoms with Crippen molar-refractivity contribution in [1.29, 1.82) is 0 Å². The molecule has 1 saturated carbocycles. The molecule has 0 spiro atoms. The summed E-state index contributed by atoms with van der Waals surface area (Å²) in [4.78, 5) is 26.4. The highest BCUT2D eigenvalue weighted by Crippen LogP contribution is 2.35. The van der Waals surface area contributed by atoms with E-state index in [0.717, 1.165) is 60.7 Å². The van der Waals surface area contributed by atoms with Crippen LogP contribution in [0.5, 0.6) is 0 Å². The van der Waals surface area contributed by atoms with E-state index in [-0.39, 0.29) is 23.5 Å². The highest BCUT2D eigenvalue weighted by atomic mass is 32.2. The van der Waals surface area contributed by atoms with Crippen LogP contribution in [0.1, 0.15) is 38.5 Å². The van der Waals surface area contributed by atoms with Crippen LogP contribution < -0.4 is 0 Å². The number of likely N-dealkylation sites (tertiary alicyclic amines) is 1. The van der Waals surface area contributed by atoms with Crippen molar-refractivity contribution in [2.75, 3.05) is 26.7 Å². The third kappa shape index (κ3) is 5.14. The van der Waals surface area contributed by atoms with Crippen molar-refractivity contribution >= 4 is 21.9 Å². The number of piperidine rings is 1. The number of ether oxygens (including phenoxy) is 1. The quantitative estimate of drug-likeness (QED) is 0.651. The number of halogens is 1. The Morgan fingerprint density at radius 1 is 1.14 bits per heavy atom. The Hall–Kier alpha value is -2.00.